The van der Waals surface area contributed by atoms with Crippen LogP contribution in [0.15, 0.2) is 10.7 Å². The molecule has 0 fully saturated rings. The fourth-order valence-electron chi connectivity index (χ4n) is 0.626. The first-order valence-corrected chi connectivity index (χ1v) is 3.05. The van der Waals surface area contributed by atoms with Crippen LogP contribution in [0.25, 0.3) is 0 Å². The zero-order chi connectivity index (χ0) is 7.40. The Kier molecular flexibility index (Phi) is 2.28. The summed E-state index contributed by atoms with van der Waals surface area (Å²) in [4.78, 5) is 3.95. The molecule has 56 valence electrons. The van der Waals surface area contributed by atoms with Crippen molar-refractivity contribution in [3.05, 3.63) is 12.2 Å². The molecular formula is C6H10N2O2. The summed E-state index contributed by atoms with van der Waals surface area (Å²) < 4.78 is 9.78. The van der Waals surface area contributed by atoms with E-state index in [2.05, 4.69) is 4.98 Å². The van der Waals surface area contributed by atoms with Crippen molar-refractivity contribution in [2.45, 2.75) is 6.42 Å². The predicted octanol–water partition coefficient (Wildman–Crippen LogP) is 0.184. The van der Waals surface area contributed by atoms with E-state index in [1.807, 2.05) is 0 Å². The number of methoxy groups -OCH3 is 1. The van der Waals surface area contributed by atoms with Crippen LogP contribution in [0.5, 0.6) is 5.88 Å². The SMILES string of the molecule is COc1coc(CCN)n1. The molecule has 0 saturated carbocycles. The van der Waals surface area contributed by atoms with E-state index < -0.39 is 0 Å². The number of nitrogens with zero attached hydrogens (tertiary/aromatic N) is 1. The number of hydrogen-bond donors (Lipinski definition) is 1. The topological polar surface area (TPSA) is 61.3 Å². The number of aromatic nitrogens is 1. The summed E-state index contributed by atoms with van der Waals surface area (Å²) in [6.07, 6.45) is 2.12. The van der Waals surface area contributed by atoms with Gasteiger partial charge in [-0.2, -0.15) is 4.98 Å². The molecule has 1 rings (SSSR count). The van der Waals surface area contributed by atoms with Gasteiger partial charge in [-0.1, -0.05) is 0 Å². The van der Waals surface area contributed by atoms with Crippen molar-refractivity contribution in [1.82, 2.24) is 4.98 Å². The van der Waals surface area contributed by atoms with Gasteiger partial charge >= 0.3 is 0 Å². The molecule has 10 heavy (non-hydrogen) atoms. The number of nitrogens with two attached hydrogens (primary N) is 1. The van der Waals surface area contributed by atoms with E-state index in [4.69, 9.17) is 14.9 Å². The van der Waals surface area contributed by atoms with Gasteiger partial charge in [0, 0.05) is 13.0 Å². The van der Waals surface area contributed by atoms with Gasteiger partial charge in [-0.3, -0.25) is 0 Å². The molecule has 0 radical (unpaired) electrons. The Hall–Kier alpha value is -1.03. The van der Waals surface area contributed by atoms with Gasteiger partial charge in [-0.25, -0.2) is 0 Å². The van der Waals surface area contributed by atoms with Crippen LogP contribution in [0.1, 0.15) is 5.89 Å². The minimum Gasteiger partial charge on any atom is -0.479 e. The lowest BCUT2D eigenvalue weighted by Crippen LogP contribution is -2.02. The van der Waals surface area contributed by atoms with Crippen LogP contribution in [0.3, 0.4) is 0 Å². The molecule has 0 spiro atoms. The molecule has 0 atom stereocenters. The van der Waals surface area contributed by atoms with Gasteiger partial charge in [-0.15, -0.1) is 0 Å². The van der Waals surface area contributed by atoms with Crippen molar-refractivity contribution in [2.75, 3.05) is 13.7 Å². The van der Waals surface area contributed by atoms with E-state index >= 15 is 0 Å². The number of oxazole rings is 1. The van der Waals surface area contributed by atoms with Gasteiger partial charge < -0.3 is 14.9 Å². The highest BCUT2D eigenvalue weighted by atomic mass is 16.5. The summed E-state index contributed by atoms with van der Waals surface area (Å²) in [5.74, 6) is 1.13. The van der Waals surface area contributed by atoms with Crippen LogP contribution in [-0.2, 0) is 6.42 Å². The summed E-state index contributed by atoms with van der Waals surface area (Å²) in [6.45, 7) is 0.545. The molecular weight excluding hydrogens is 132 g/mol. The van der Waals surface area contributed by atoms with Crippen LogP contribution >= 0.6 is 0 Å². The minimum atomic E-state index is 0.503. The molecule has 0 bridgehead atoms. The first kappa shape index (κ1) is 7.08. The standard InChI is InChI=1S/C6H10N2O2/c1-9-6-4-10-5(8-6)2-3-7/h4H,2-3,7H2,1H3. The maximum Gasteiger partial charge on any atom is 0.252 e. The Balaban J connectivity index is 2.59. The highest BCUT2D eigenvalue weighted by Crippen LogP contribution is 2.08. The quantitative estimate of drug-likeness (QED) is 0.654. The lowest BCUT2D eigenvalue weighted by atomic mass is 10.4. The number of ether oxygens (including phenoxy) is 1. The second-order valence-electron chi connectivity index (χ2n) is 1.82. The largest absolute Gasteiger partial charge is 0.479 e. The van der Waals surface area contributed by atoms with Crippen molar-refractivity contribution in [2.24, 2.45) is 5.73 Å². The van der Waals surface area contributed by atoms with E-state index in [1.165, 1.54) is 6.26 Å². The lowest BCUT2D eigenvalue weighted by Gasteiger charge is -1.87. The van der Waals surface area contributed by atoms with E-state index in [1.54, 1.807) is 7.11 Å². The van der Waals surface area contributed by atoms with Crippen molar-refractivity contribution < 1.29 is 9.15 Å². The minimum absolute atomic E-state index is 0.503. The molecule has 0 unspecified atom stereocenters. The van der Waals surface area contributed by atoms with Crippen molar-refractivity contribution in [1.29, 1.82) is 0 Å². The van der Waals surface area contributed by atoms with E-state index in [9.17, 15) is 0 Å². The molecule has 1 aromatic rings. The zero-order valence-corrected chi connectivity index (χ0v) is 5.83. The molecule has 4 nitrogen and oxygen atoms in total. The van der Waals surface area contributed by atoms with Gasteiger partial charge in [0.2, 0.25) is 0 Å². The Morgan fingerprint density at radius 1 is 1.80 bits per heavy atom. The second kappa shape index (κ2) is 3.22. The monoisotopic (exact) mass is 142 g/mol. The van der Waals surface area contributed by atoms with Crippen molar-refractivity contribution in [3.63, 3.8) is 0 Å². The van der Waals surface area contributed by atoms with Crippen LogP contribution in [0, 0.1) is 0 Å². The van der Waals surface area contributed by atoms with E-state index in [-0.39, 0.29) is 0 Å². The fourth-order valence-corrected chi connectivity index (χ4v) is 0.626. The Morgan fingerprint density at radius 3 is 3.10 bits per heavy atom. The summed E-state index contributed by atoms with van der Waals surface area (Å²) >= 11 is 0. The molecule has 0 aromatic carbocycles. The Labute approximate surface area is 59.0 Å². The highest BCUT2D eigenvalue weighted by Gasteiger charge is 2.00. The molecule has 0 aliphatic heterocycles. The van der Waals surface area contributed by atoms with E-state index in [0.29, 0.717) is 24.7 Å². The average molecular weight is 142 g/mol. The molecule has 0 aliphatic rings. The van der Waals surface area contributed by atoms with Crippen molar-refractivity contribution >= 4 is 0 Å². The summed E-state index contributed by atoms with van der Waals surface area (Å²) in [5, 5.41) is 0. The van der Waals surface area contributed by atoms with Crippen LogP contribution in [0.4, 0.5) is 0 Å². The Morgan fingerprint density at radius 2 is 2.60 bits per heavy atom. The first-order chi connectivity index (χ1) is 4.86. The summed E-state index contributed by atoms with van der Waals surface area (Å²) in [6, 6.07) is 0. The van der Waals surface area contributed by atoms with Gasteiger partial charge in [0.1, 0.15) is 0 Å². The molecule has 0 amide bonds. The average Bonchev–Trinajstić information content (AvgIpc) is 2.37. The normalized spacial score (nSPS) is 9.80. The number of hydrogen-bond acceptors (Lipinski definition) is 4. The van der Waals surface area contributed by atoms with Crippen molar-refractivity contribution in [3.8, 4) is 5.88 Å². The van der Waals surface area contributed by atoms with Gasteiger partial charge in [0.25, 0.3) is 5.88 Å². The maximum atomic E-state index is 5.27. The third kappa shape index (κ3) is 1.48. The van der Waals surface area contributed by atoms with Gasteiger partial charge in [0.15, 0.2) is 12.2 Å². The Bertz CT molecular complexity index is 197. The molecule has 2 N–H and O–H groups in total. The zero-order valence-electron chi connectivity index (χ0n) is 5.83. The smallest absolute Gasteiger partial charge is 0.252 e. The third-order valence-electron chi connectivity index (χ3n) is 1.10. The summed E-state index contributed by atoms with van der Waals surface area (Å²) in [5.41, 5.74) is 5.27. The molecule has 4 heteroatoms. The first-order valence-electron chi connectivity index (χ1n) is 3.05. The highest BCUT2D eigenvalue weighted by molar-refractivity contribution is 5.02. The van der Waals surface area contributed by atoms with E-state index in [0.717, 1.165) is 0 Å². The van der Waals surface area contributed by atoms with Crippen LogP contribution in [0.2, 0.25) is 0 Å². The lowest BCUT2D eigenvalue weighted by molar-refractivity contribution is 0.395. The second-order valence-corrected chi connectivity index (χ2v) is 1.82. The van der Waals surface area contributed by atoms with Crippen LogP contribution in [-0.4, -0.2) is 18.6 Å². The van der Waals surface area contributed by atoms with Gasteiger partial charge in [0.05, 0.1) is 7.11 Å². The molecule has 1 aromatic heterocycles. The molecule has 1 heterocycles. The maximum absolute atomic E-state index is 5.27. The van der Waals surface area contributed by atoms with Gasteiger partial charge in [-0.05, 0) is 0 Å². The fraction of sp³-hybridized carbons (Fsp3) is 0.500. The molecule has 0 aliphatic carbocycles. The molecule has 0 saturated heterocycles. The van der Waals surface area contributed by atoms with Crippen LogP contribution < -0.4 is 10.5 Å². The third-order valence-corrected chi connectivity index (χ3v) is 1.10. The number of rotatable bonds is 3. The predicted molar refractivity (Wildman–Crippen MR) is 35.8 cm³/mol. The summed E-state index contributed by atoms with van der Waals surface area (Å²) in [7, 11) is 1.55.